The summed E-state index contributed by atoms with van der Waals surface area (Å²) < 4.78 is 25.4. The molecule has 1 aromatic heterocycles. The second-order valence-electron chi connectivity index (χ2n) is 6.90. The molecule has 1 atom stereocenters. The molecule has 6 nitrogen and oxygen atoms in total. The van der Waals surface area contributed by atoms with Gasteiger partial charge in [-0.2, -0.15) is 0 Å². The molecule has 0 bridgehead atoms. The highest BCUT2D eigenvalue weighted by Crippen LogP contribution is 2.29. The number of nitrogens with zero attached hydrogens (tertiary/aromatic N) is 1. The van der Waals surface area contributed by atoms with Crippen molar-refractivity contribution in [1.29, 1.82) is 0 Å². The fourth-order valence-corrected chi connectivity index (χ4v) is 3.58. The molecule has 29 heavy (non-hydrogen) atoms. The van der Waals surface area contributed by atoms with Crippen LogP contribution >= 0.6 is 0 Å². The lowest BCUT2D eigenvalue weighted by Crippen LogP contribution is -2.32. The Morgan fingerprint density at radius 1 is 1.21 bits per heavy atom. The van der Waals surface area contributed by atoms with Crippen LogP contribution in [0.15, 0.2) is 53.3 Å². The number of nitrogens with one attached hydrogen (secondary N) is 1. The fraction of sp³-hybridized carbons (Fsp3) is 0.273. The van der Waals surface area contributed by atoms with Gasteiger partial charge in [-0.15, -0.1) is 0 Å². The van der Waals surface area contributed by atoms with Crippen LogP contribution in [0.3, 0.4) is 0 Å². The SMILES string of the molecule is CCOc1ccccc1OC1CCN(C(=O)c2cc(=O)[nH]c3ccc(F)cc23)C1. The van der Waals surface area contributed by atoms with Gasteiger partial charge < -0.3 is 19.4 Å². The molecule has 3 aromatic rings. The number of aromatic amines is 1. The van der Waals surface area contributed by atoms with Crippen LogP contribution in [0.4, 0.5) is 4.39 Å². The van der Waals surface area contributed by atoms with E-state index in [2.05, 4.69) is 4.98 Å². The average molecular weight is 396 g/mol. The van der Waals surface area contributed by atoms with Gasteiger partial charge in [-0.1, -0.05) is 12.1 Å². The number of pyridine rings is 1. The van der Waals surface area contributed by atoms with Crippen molar-refractivity contribution in [1.82, 2.24) is 9.88 Å². The van der Waals surface area contributed by atoms with E-state index in [0.29, 0.717) is 48.5 Å². The van der Waals surface area contributed by atoms with E-state index in [1.54, 1.807) is 4.90 Å². The summed E-state index contributed by atoms with van der Waals surface area (Å²) in [7, 11) is 0. The van der Waals surface area contributed by atoms with Crippen molar-refractivity contribution in [2.24, 2.45) is 0 Å². The highest BCUT2D eigenvalue weighted by molar-refractivity contribution is 6.06. The smallest absolute Gasteiger partial charge is 0.254 e. The van der Waals surface area contributed by atoms with Crippen LogP contribution in [0, 0.1) is 5.82 Å². The number of carbonyl (C=O) groups is 1. The lowest BCUT2D eigenvalue weighted by molar-refractivity contribution is 0.0773. The van der Waals surface area contributed by atoms with Gasteiger partial charge in [-0.25, -0.2) is 4.39 Å². The van der Waals surface area contributed by atoms with E-state index in [1.165, 1.54) is 24.3 Å². The molecule has 1 aliphatic heterocycles. The standard InChI is InChI=1S/C22H21FN2O4/c1-2-28-19-5-3-4-6-20(19)29-15-9-10-25(13-15)22(27)17-12-21(26)24-18-8-7-14(23)11-16(17)18/h3-8,11-12,15H,2,9-10,13H2,1H3,(H,24,26). The van der Waals surface area contributed by atoms with Gasteiger partial charge in [0, 0.05) is 29.9 Å². The van der Waals surface area contributed by atoms with Gasteiger partial charge in [-0.3, -0.25) is 9.59 Å². The predicted molar refractivity (Wildman–Crippen MR) is 107 cm³/mol. The molecule has 0 spiro atoms. The van der Waals surface area contributed by atoms with Crippen LogP contribution in [0.2, 0.25) is 0 Å². The van der Waals surface area contributed by atoms with Crippen LogP contribution in [0.1, 0.15) is 23.7 Å². The molecule has 0 aliphatic carbocycles. The predicted octanol–water partition coefficient (Wildman–Crippen LogP) is 3.36. The van der Waals surface area contributed by atoms with E-state index in [1.807, 2.05) is 31.2 Å². The molecule has 1 amide bonds. The molecule has 2 aromatic carbocycles. The minimum Gasteiger partial charge on any atom is -0.490 e. The first-order chi connectivity index (χ1) is 14.0. The van der Waals surface area contributed by atoms with Crippen molar-refractivity contribution in [2.75, 3.05) is 19.7 Å². The van der Waals surface area contributed by atoms with Crippen molar-refractivity contribution in [2.45, 2.75) is 19.4 Å². The fourth-order valence-electron chi connectivity index (χ4n) is 3.58. The number of ether oxygens (including phenoxy) is 2. The Morgan fingerprint density at radius 3 is 2.79 bits per heavy atom. The first-order valence-corrected chi connectivity index (χ1v) is 9.55. The molecule has 1 fully saturated rings. The Kier molecular flexibility index (Phi) is 5.20. The number of hydrogen-bond donors (Lipinski definition) is 1. The van der Waals surface area contributed by atoms with E-state index in [-0.39, 0.29) is 17.6 Å². The van der Waals surface area contributed by atoms with Crippen molar-refractivity contribution in [3.8, 4) is 11.5 Å². The van der Waals surface area contributed by atoms with Crippen LogP contribution in [0.25, 0.3) is 10.9 Å². The molecule has 0 saturated carbocycles. The number of halogens is 1. The number of fused-ring (bicyclic) bond motifs is 1. The molecule has 1 aliphatic rings. The van der Waals surface area contributed by atoms with E-state index in [4.69, 9.17) is 9.47 Å². The third kappa shape index (κ3) is 3.94. The molecule has 1 N–H and O–H groups in total. The molecule has 4 rings (SSSR count). The maximum atomic E-state index is 13.7. The number of carbonyl (C=O) groups excluding carboxylic acids is 1. The molecule has 1 saturated heterocycles. The summed E-state index contributed by atoms with van der Waals surface area (Å²) in [5.74, 6) is 0.526. The van der Waals surface area contributed by atoms with Gasteiger partial charge in [0.05, 0.1) is 18.7 Å². The summed E-state index contributed by atoms with van der Waals surface area (Å²) >= 11 is 0. The lowest BCUT2D eigenvalue weighted by atomic mass is 10.1. The summed E-state index contributed by atoms with van der Waals surface area (Å²) in [6, 6.07) is 12.6. The number of H-pyrrole nitrogens is 1. The van der Waals surface area contributed by atoms with Crippen molar-refractivity contribution in [3.63, 3.8) is 0 Å². The summed E-state index contributed by atoms with van der Waals surface area (Å²) in [4.78, 5) is 29.3. The number of hydrogen-bond acceptors (Lipinski definition) is 4. The quantitative estimate of drug-likeness (QED) is 0.718. The highest BCUT2D eigenvalue weighted by atomic mass is 19.1. The zero-order valence-electron chi connectivity index (χ0n) is 16.0. The minimum atomic E-state index is -0.464. The second kappa shape index (κ2) is 7.95. The van der Waals surface area contributed by atoms with Gasteiger partial charge in [0.25, 0.3) is 5.91 Å². The number of rotatable bonds is 5. The van der Waals surface area contributed by atoms with Gasteiger partial charge in [0.1, 0.15) is 11.9 Å². The summed E-state index contributed by atoms with van der Waals surface area (Å²) in [6.45, 7) is 3.30. The second-order valence-corrected chi connectivity index (χ2v) is 6.90. The zero-order valence-corrected chi connectivity index (χ0v) is 16.0. The topological polar surface area (TPSA) is 71.6 Å². The number of aromatic nitrogens is 1. The third-order valence-electron chi connectivity index (χ3n) is 4.91. The van der Waals surface area contributed by atoms with Crippen molar-refractivity contribution < 1.29 is 18.7 Å². The van der Waals surface area contributed by atoms with Crippen LogP contribution in [0.5, 0.6) is 11.5 Å². The average Bonchev–Trinajstić information content (AvgIpc) is 3.17. The molecule has 150 valence electrons. The molecule has 2 heterocycles. The Balaban J connectivity index is 1.54. The van der Waals surface area contributed by atoms with Crippen LogP contribution in [-0.2, 0) is 0 Å². The van der Waals surface area contributed by atoms with Gasteiger partial charge in [0.2, 0.25) is 5.56 Å². The maximum absolute atomic E-state index is 13.7. The van der Waals surface area contributed by atoms with Gasteiger partial charge in [-0.05, 0) is 37.3 Å². The van der Waals surface area contributed by atoms with Crippen molar-refractivity contribution in [3.05, 3.63) is 70.3 Å². The molecular weight excluding hydrogens is 375 g/mol. The number of amides is 1. The minimum absolute atomic E-state index is 0.189. The molecular formula is C22H21FN2O4. The van der Waals surface area contributed by atoms with E-state index < -0.39 is 11.4 Å². The summed E-state index contributed by atoms with van der Waals surface area (Å²) in [5, 5.41) is 0.389. The molecule has 7 heteroatoms. The Bertz CT molecular complexity index is 1110. The summed E-state index contributed by atoms with van der Waals surface area (Å²) in [5.41, 5.74) is 0.226. The van der Waals surface area contributed by atoms with Crippen LogP contribution < -0.4 is 15.0 Å². The zero-order chi connectivity index (χ0) is 20.4. The van der Waals surface area contributed by atoms with Gasteiger partial charge in [0.15, 0.2) is 11.5 Å². The number of likely N-dealkylation sites (tertiary alicyclic amines) is 1. The normalized spacial score (nSPS) is 16.2. The Hall–Kier alpha value is -3.35. The Morgan fingerprint density at radius 2 is 2.00 bits per heavy atom. The molecule has 0 radical (unpaired) electrons. The lowest BCUT2D eigenvalue weighted by Gasteiger charge is -2.19. The van der Waals surface area contributed by atoms with Crippen LogP contribution in [-0.4, -0.2) is 41.6 Å². The molecule has 1 unspecified atom stereocenters. The largest absolute Gasteiger partial charge is 0.490 e. The maximum Gasteiger partial charge on any atom is 0.254 e. The third-order valence-corrected chi connectivity index (χ3v) is 4.91. The van der Waals surface area contributed by atoms with E-state index in [9.17, 15) is 14.0 Å². The van der Waals surface area contributed by atoms with Gasteiger partial charge >= 0.3 is 0 Å². The van der Waals surface area contributed by atoms with E-state index >= 15 is 0 Å². The first-order valence-electron chi connectivity index (χ1n) is 9.55. The van der Waals surface area contributed by atoms with Crippen molar-refractivity contribution >= 4 is 16.8 Å². The van der Waals surface area contributed by atoms with E-state index in [0.717, 1.165) is 0 Å². The first kappa shape index (κ1) is 19.0. The Labute approximate surface area is 166 Å². The highest BCUT2D eigenvalue weighted by Gasteiger charge is 2.30. The summed E-state index contributed by atoms with van der Waals surface area (Å²) in [6.07, 6.45) is 0.465. The monoisotopic (exact) mass is 396 g/mol. The number of para-hydroxylation sites is 2. The number of benzene rings is 2.